The maximum absolute atomic E-state index is 12.5. The molecular weight excluding hydrogens is 409 g/mol. The van der Waals surface area contributed by atoms with Crippen molar-refractivity contribution in [2.24, 2.45) is 0 Å². The van der Waals surface area contributed by atoms with Gasteiger partial charge in [0.25, 0.3) is 0 Å². The van der Waals surface area contributed by atoms with Crippen LogP contribution in [-0.4, -0.2) is 42.6 Å². The van der Waals surface area contributed by atoms with Gasteiger partial charge in [-0.25, -0.2) is 4.79 Å². The molecule has 3 rings (SSSR count). The van der Waals surface area contributed by atoms with E-state index in [-0.39, 0.29) is 17.4 Å². The van der Waals surface area contributed by atoms with E-state index in [1.807, 2.05) is 0 Å². The second-order valence-electron chi connectivity index (χ2n) is 8.71. The lowest BCUT2D eigenvalue weighted by atomic mass is 9.79. The highest BCUT2D eigenvalue weighted by Gasteiger charge is 2.35. The summed E-state index contributed by atoms with van der Waals surface area (Å²) in [7, 11) is 0. The fraction of sp³-hybridized carbons (Fsp3) is 0.696. The molecule has 0 radical (unpaired) electrons. The van der Waals surface area contributed by atoms with Crippen molar-refractivity contribution in [1.82, 2.24) is 10.2 Å². The Bertz CT molecular complexity index is 733. The van der Waals surface area contributed by atoms with E-state index in [1.165, 1.54) is 18.6 Å². The number of benzene rings is 1. The maximum Gasteiger partial charge on any atom is 0.573 e. The summed E-state index contributed by atoms with van der Waals surface area (Å²) in [6.07, 6.45) is 3.68. The molecule has 0 spiro atoms. The molecule has 1 aliphatic carbocycles. The molecule has 1 aromatic rings. The molecule has 174 valence electrons. The van der Waals surface area contributed by atoms with Gasteiger partial charge in [-0.15, -0.1) is 13.2 Å². The molecule has 0 bridgehead atoms. The number of carbonyl (C=O) groups is 1. The van der Waals surface area contributed by atoms with Crippen molar-refractivity contribution in [2.45, 2.75) is 83.2 Å². The van der Waals surface area contributed by atoms with Gasteiger partial charge in [0.15, 0.2) is 0 Å². The highest BCUT2D eigenvalue weighted by Crippen LogP contribution is 2.33. The number of halogens is 3. The Morgan fingerprint density at radius 2 is 1.97 bits per heavy atom. The van der Waals surface area contributed by atoms with Crippen LogP contribution in [-0.2, 0) is 17.7 Å². The van der Waals surface area contributed by atoms with Crippen molar-refractivity contribution < 1.29 is 27.4 Å². The van der Waals surface area contributed by atoms with Gasteiger partial charge in [-0.3, -0.25) is 4.90 Å². The molecular formula is C23H33F3N2O3. The normalized spacial score (nSPS) is 18.8. The summed E-state index contributed by atoms with van der Waals surface area (Å²) in [6.45, 7) is 4.81. The van der Waals surface area contributed by atoms with Crippen molar-refractivity contribution in [3.05, 3.63) is 29.3 Å². The Labute approximate surface area is 182 Å². The number of unbranched alkanes of at least 4 members (excludes halogenated alkanes) is 1. The van der Waals surface area contributed by atoms with E-state index < -0.39 is 6.36 Å². The van der Waals surface area contributed by atoms with Crippen LogP contribution in [0.1, 0.15) is 69.4 Å². The number of hydrogen-bond acceptors (Lipinski definition) is 4. The fourth-order valence-electron chi connectivity index (χ4n) is 4.58. The van der Waals surface area contributed by atoms with E-state index in [2.05, 4.69) is 21.9 Å². The zero-order valence-corrected chi connectivity index (χ0v) is 18.2. The predicted octanol–water partition coefficient (Wildman–Crippen LogP) is 5.56. The third kappa shape index (κ3) is 7.30. The Morgan fingerprint density at radius 3 is 2.68 bits per heavy atom. The molecule has 5 nitrogen and oxygen atoms in total. The molecule has 1 heterocycles. The number of hydrogen-bond donors (Lipinski definition) is 1. The predicted molar refractivity (Wildman–Crippen MR) is 112 cm³/mol. The van der Waals surface area contributed by atoms with Gasteiger partial charge >= 0.3 is 12.5 Å². The van der Waals surface area contributed by atoms with Gasteiger partial charge in [0.05, 0.1) is 6.61 Å². The second-order valence-corrected chi connectivity index (χ2v) is 8.71. The molecule has 31 heavy (non-hydrogen) atoms. The number of rotatable bonds is 8. The molecule has 0 unspecified atom stereocenters. The van der Waals surface area contributed by atoms with Gasteiger partial charge < -0.3 is 14.8 Å². The minimum Gasteiger partial charge on any atom is -0.450 e. The van der Waals surface area contributed by atoms with Gasteiger partial charge in [0.1, 0.15) is 5.75 Å². The Balaban J connectivity index is 1.56. The van der Waals surface area contributed by atoms with Gasteiger partial charge in [-0.2, -0.15) is 0 Å². The number of amides is 1. The molecule has 0 atom stereocenters. The first-order valence-electron chi connectivity index (χ1n) is 11.3. The highest BCUT2D eigenvalue weighted by molar-refractivity contribution is 5.68. The van der Waals surface area contributed by atoms with E-state index in [0.717, 1.165) is 69.2 Å². The number of ether oxygens (including phenoxy) is 2. The summed E-state index contributed by atoms with van der Waals surface area (Å²) >= 11 is 0. The van der Waals surface area contributed by atoms with E-state index >= 15 is 0 Å². The Kier molecular flexibility index (Phi) is 8.08. The molecule has 2 aliphatic rings. The first-order valence-corrected chi connectivity index (χ1v) is 11.3. The van der Waals surface area contributed by atoms with Crippen LogP contribution in [0.15, 0.2) is 18.2 Å². The van der Waals surface area contributed by atoms with Crippen LogP contribution in [0.4, 0.5) is 18.0 Å². The number of alkyl carbamates (subject to hydrolysis) is 1. The summed E-state index contributed by atoms with van der Waals surface area (Å²) in [6, 6.07) is 4.60. The molecule has 0 saturated heterocycles. The van der Waals surface area contributed by atoms with Crippen LogP contribution in [0.2, 0.25) is 0 Å². The van der Waals surface area contributed by atoms with Gasteiger partial charge in [0, 0.05) is 25.2 Å². The summed E-state index contributed by atoms with van der Waals surface area (Å²) in [5.41, 5.74) is 1.71. The molecule has 0 aromatic heterocycles. The highest BCUT2D eigenvalue weighted by atomic mass is 19.4. The van der Waals surface area contributed by atoms with E-state index in [9.17, 15) is 18.0 Å². The lowest BCUT2D eigenvalue weighted by Gasteiger charge is -2.40. The molecule has 1 N–H and O–H groups in total. The first kappa shape index (κ1) is 23.7. The molecule has 1 amide bonds. The van der Waals surface area contributed by atoms with Gasteiger partial charge in [-0.1, -0.05) is 38.7 Å². The topological polar surface area (TPSA) is 50.8 Å². The van der Waals surface area contributed by atoms with Crippen LogP contribution in [0, 0.1) is 0 Å². The minimum absolute atomic E-state index is 0.161. The van der Waals surface area contributed by atoms with Crippen LogP contribution < -0.4 is 10.1 Å². The largest absolute Gasteiger partial charge is 0.573 e. The summed E-state index contributed by atoms with van der Waals surface area (Å²) in [4.78, 5) is 14.6. The van der Waals surface area contributed by atoms with Crippen molar-refractivity contribution in [2.75, 3.05) is 19.7 Å². The van der Waals surface area contributed by atoms with E-state index in [0.29, 0.717) is 19.6 Å². The van der Waals surface area contributed by atoms with Crippen molar-refractivity contribution in [3.63, 3.8) is 0 Å². The lowest BCUT2D eigenvalue weighted by molar-refractivity contribution is -0.274. The summed E-state index contributed by atoms with van der Waals surface area (Å²) in [5, 5.41) is 3.17. The monoisotopic (exact) mass is 442 g/mol. The standard InChI is InChI=1S/C23H33F3N2O3/c1-2-3-15-30-21(29)27-22(10-5-4-6-11-22)12-14-28-13-9-18-16-20(31-23(24,25)26)8-7-19(18)17-28/h7-8,16H,2-6,9-15,17H2,1H3,(H,27,29). The van der Waals surface area contributed by atoms with E-state index in [1.54, 1.807) is 6.07 Å². The van der Waals surface area contributed by atoms with Gasteiger partial charge in [0.2, 0.25) is 0 Å². The zero-order valence-electron chi connectivity index (χ0n) is 18.2. The van der Waals surface area contributed by atoms with Crippen molar-refractivity contribution in [3.8, 4) is 5.75 Å². The Hall–Kier alpha value is -1.96. The quantitative estimate of drug-likeness (QED) is 0.536. The number of nitrogens with one attached hydrogen (secondary N) is 1. The van der Waals surface area contributed by atoms with E-state index in [4.69, 9.17) is 4.74 Å². The lowest BCUT2D eigenvalue weighted by Crippen LogP contribution is -2.52. The van der Waals surface area contributed by atoms with Crippen molar-refractivity contribution in [1.29, 1.82) is 0 Å². The van der Waals surface area contributed by atoms with Crippen LogP contribution in [0.25, 0.3) is 0 Å². The number of alkyl halides is 3. The fourth-order valence-corrected chi connectivity index (χ4v) is 4.58. The maximum atomic E-state index is 12.5. The third-order valence-corrected chi connectivity index (χ3v) is 6.32. The third-order valence-electron chi connectivity index (χ3n) is 6.32. The minimum atomic E-state index is -4.67. The number of carbonyl (C=O) groups excluding carboxylic acids is 1. The molecule has 8 heteroatoms. The zero-order chi connectivity index (χ0) is 22.3. The summed E-state index contributed by atoms with van der Waals surface area (Å²) in [5.74, 6) is -0.161. The smallest absolute Gasteiger partial charge is 0.450 e. The van der Waals surface area contributed by atoms with Crippen molar-refractivity contribution >= 4 is 6.09 Å². The molecule has 1 saturated carbocycles. The van der Waals surface area contributed by atoms with Gasteiger partial charge in [-0.05, 0) is 55.4 Å². The van der Waals surface area contributed by atoms with Crippen LogP contribution >= 0.6 is 0 Å². The number of fused-ring (bicyclic) bond motifs is 1. The first-order chi connectivity index (χ1) is 14.8. The molecule has 1 aliphatic heterocycles. The number of nitrogens with zero attached hydrogens (tertiary/aromatic N) is 1. The van der Waals surface area contributed by atoms with Crippen LogP contribution in [0.3, 0.4) is 0 Å². The van der Waals surface area contributed by atoms with Crippen LogP contribution in [0.5, 0.6) is 5.75 Å². The Morgan fingerprint density at radius 1 is 1.19 bits per heavy atom. The molecule has 1 aromatic carbocycles. The molecule has 1 fully saturated rings. The summed E-state index contributed by atoms with van der Waals surface area (Å²) < 4.78 is 46.7. The SMILES string of the molecule is CCCCOC(=O)NC1(CCN2CCc3cc(OC(F)(F)F)ccc3C2)CCCCC1. The average Bonchev–Trinajstić information content (AvgIpc) is 2.72. The average molecular weight is 443 g/mol. The second kappa shape index (κ2) is 10.6.